The van der Waals surface area contributed by atoms with E-state index < -0.39 is 10.0 Å². The predicted molar refractivity (Wildman–Crippen MR) is 75.4 cm³/mol. The zero-order chi connectivity index (χ0) is 14.3. The number of hydrogen-bond donors (Lipinski definition) is 0. The van der Waals surface area contributed by atoms with E-state index in [9.17, 15) is 8.42 Å². The normalized spacial score (nSPS) is 11.6. The second kappa shape index (κ2) is 7.10. The maximum absolute atomic E-state index is 11.2. The van der Waals surface area contributed by atoms with E-state index in [0.717, 1.165) is 11.9 Å². The number of rotatable bonds is 2. The average molecular weight is 271 g/mol. The quantitative estimate of drug-likeness (QED) is 0.606. The van der Waals surface area contributed by atoms with Crippen LogP contribution in [0.5, 0.6) is 0 Å². The van der Waals surface area contributed by atoms with Crippen molar-refractivity contribution in [1.82, 2.24) is 9.88 Å². The van der Waals surface area contributed by atoms with Crippen molar-refractivity contribution in [2.24, 2.45) is 4.40 Å². The third kappa shape index (κ3) is 5.77. The molecule has 1 aromatic rings. The van der Waals surface area contributed by atoms with Crippen molar-refractivity contribution in [3.63, 3.8) is 0 Å². The molecule has 1 rings (SSSR count). The Labute approximate surface area is 110 Å². The molecule has 0 N–H and O–H groups in total. The molecule has 0 atom stereocenters. The summed E-state index contributed by atoms with van der Waals surface area (Å²) in [6.45, 7) is 5.87. The number of pyridine rings is 1. The molecule has 0 aliphatic heterocycles. The van der Waals surface area contributed by atoms with Gasteiger partial charge >= 0.3 is 0 Å². The summed E-state index contributed by atoms with van der Waals surface area (Å²) in [7, 11) is 0.0718. The van der Waals surface area contributed by atoms with Crippen LogP contribution in [0.1, 0.15) is 25.1 Å². The fourth-order valence-electron chi connectivity index (χ4n) is 1.15. The maximum atomic E-state index is 11.2. The zero-order valence-corrected chi connectivity index (χ0v) is 12.6. The Morgan fingerprint density at radius 1 is 1.28 bits per heavy atom. The molecule has 0 aliphatic carbocycles. The molecule has 0 saturated heterocycles. The van der Waals surface area contributed by atoms with Crippen molar-refractivity contribution in [2.45, 2.75) is 20.8 Å². The van der Waals surface area contributed by atoms with Gasteiger partial charge in [-0.25, -0.2) is 8.42 Å². The van der Waals surface area contributed by atoms with Gasteiger partial charge in [0.15, 0.2) is 0 Å². The minimum atomic E-state index is -3.41. The lowest BCUT2D eigenvalue weighted by Crippen LogP contribution is -2.24. The number of amidine groups is 1. The standard InChI is InChI=1S/C10H15N3O2S.C2H6/c1-8-5-6-9(7-11-8)10(13(2)3)12-16(4,14)15;1-2/h5-7H,1-4H3;1-2H3/b12-10-;. The molecule has 0 saturated carbocycles. The van der Waals surface area contributed by atoms with Crippen molar-refractivity contribution in [2.75, 3.05) is 20.4 Å². The van der Waals surface area contributed by atoms with E-state index in [1.54, 1.807) is 31.3 Å². The Morgan fingerprint density at radius 3 is 2.17 bits per heavy atom. The van der Waals surface area contributed by atoms with Gasteiger partial charge in [0.1, 0.15) is 5.84 Å². The molecule has 6 heteroatoms. The van der Waals surface area contributed by atoms with Crippen molar-refractivity contribution >= 4 is 15.9 Å². The van der Waals surface area contributed by atoms with E-state index in [4.69, 9.17) is 0 Å². The highest BCUT2D eigenvalue weighted by Crippen LogP contribution is 2.05. The third-order valence-corrected chi connectivity index (χ3v) is 2.35. The van der Waals surface area contributed by atoms with Crippen LogP contribution in [0.25, 0.3) is 0 Å². The maximum Gasteiger partial charge on any atom is 0.252 e. The van der Waals surface area contributed by atoms with Crippen molar-refractivity contribution in [1.29, 1.82) is 0 Å². The van der Waals surface area contributed by atoms with E-state index in [2.05, 4.69) is 9.38 Å². The van der Waals surface area contributed by atoms with Crippen molar-refractivity contribution in [3.05, 3.63) is 29.6 Å². The molecule has 0 unspecified atom stereocenters. The third-order valence-electron chi connectivity index (χ3n) is 1.85. The molecule has 1 aromatic heterocycles. The largest absolute Gasteiger partial charge is 0.362 e. The van der Waals surface area contributed by atoms with Gasteiger partial charge in [0, 0.05) is 31.5 Å². The lowest BCUT2D eigenvalue weighted by molar-refractivity contribution is 0.597. The molecule has 0 aromatic carbocycles. The average Bonchev–Trinajstić information content (AvgIpc) is 2.28. The lowest BCUT2D eigenvalue weighted by Gasteiger charge is -2.15. The first-order valence-electron chi connectivity index (χ1n) is 5.70. The van der Waals surface area contributed by atoms with Gasteiger partial charge in [-0.1, -0.05) is 13.8 Å². The van der Waals surface area contributed by atoms with E-state index in [-0.39, 0.29) is 0 Å². The summed E-state index contributed by atoms with van der Waals surface area (Å²) in [5.74, 6) is 0.384. The van der Waals surface area contributed by atoms with Gasteiger partial charge in [0.2, 0.25) is 0 Å². The summed E-state index contributed by atoms with van der Waals surface area (Å²) in [5.41, 5.74) is 1.56. The molecule has 0 radical (unpaired) electrons. The minimum absolute atomic E-state index is 0.384. The summed E-state index contributed by atoms with van der Waals surface area (Å²) < 4.78 is 26.0. The van der Waals surface area contributed by atoms with Crippen LogP contribution in [0, 0.1) is 6.92 Å². The first kappa shape index (κ1) is 16.6. The molecule has 0 fully saturated rings. The van der Waals surface area contributed by atoms with Crippen LogP contribution in [0.3, 0.4) is 0 Å². The van der Waals surface area contributed by atoms with Gasteiger partial charge in [0.25, 0.3) is 10.0 Å². The topological polar surface area (TPSA) is 62.6 Å². The molecule has 0 amide bonds. The van der Waals surface area contributed by atoms with Gasteiger partial charge in [-0.15, -0.1) is 4.40 Å². The van der Waals surface area contributed by atoms with Crippen LogP contribution in [-0.4, -0.2) is 44.5 Å². The monoisotopic (exact) mass is 271 g/mol. The molecule has 18 heavy (non-hydrogen) atoms. The van der Waals surface area contributed by atoms with Crippen LogP contribution in [-0.2, 0) is 10.0 Å². The van der Waals surface area contributed by atoms with Crippen LogP contribution in [0.2, 0.25) is 0 Å². The molecule has 102 valence electrons. The fraction of sp³-hybridized carbons (Fsp3) is 0.500. The minimum Gasteiger partial charge on any atom is -0.362 e. The Morgan fingerprint density at radius 2 is 1.83 bits per heavy atom. The molecular weight excluding hydrogens is 250 g/mol. The number of hydrogen-bond acceptors (Lipinski definition) is 3. The van der Waals surface area contributed by atoms with E-state index in [1.165, 1.54) is 0 Å². The summed E-state index contributed by atoms with van der Waals surface area (Å²) >= 11 is 0. The molecular formula is C12H21N3O2S. The van der Waals surface area contributed by atoms with Crippen molar-refractivity contribution < 1.29 is 8.42 Å². The van der Waals surface area contributed by atoms with E-state index in [1.807, 2.05) is 26.8 Å². The van der Waals surface area contributed by atoms with E-state index >= 15 is 0 Å². The second-order valence-corrected chi connectivity index (χ2v) is 5.38. The smallest absolute Gasteiger partial charge is 0.252 e. The summed E-state index contributed by atoms with van der Waals surface area (Å²) in [6, 6.07) is 3.61. The molecule has 0 bridgehead atoms. The molecule has 1 heterocycles. The SMILES string of the molecule is CC.Cc1ccc(/C(=N/S(C)(=O)=O)N(C)C)cn1. The Bertz CT molecular complexity index is 491. The van der Waals surface area contributed by atoms with Crippen molar-refractivity contribution in [3.8, 4) is 0 Å². The molecule has 0 aliphatic rings. The van der Waals surface area contributed by atoms with Crippen LogP contribution < -0.4 is 0 Å². The van der Waals surface area contributed by atoms with Gasteiger partial charge in [-0.3, -0.25) is 4.98 Å². The second-order valence-electron chi connectivity index (χ2n) is 3.73. The first-order valence-corrected chi connectivity index (χ1v) is 7.55. The zero-order valence-electron chi connectivity index (χ0n) is 11.8. The van der Waals surface area contributed by atoms with Gasteiger partial charge in [-0.2, -0.15) is 0 Å². The van der Waals surface area contributed by atoms with Crippen LogP contribution in [0.4, 0.5) is 0 Å². The summed E-state index contributed by atoms with van der Waals surface area (Å²) in [4.78, 5) is 5.76. The lowest BCUT2D eigenvalue weighted by atomic mass is 10.2. The number of nitrogens with zero attached hydrogens (tertiary/aromatic N) is 3. The Hall–Kier alpha value is -1.43. The van der Waals surface area contributed by atoms with Crippen LogP contribution >= 0.6 is 0 Å². The highest BCUT2D eigenvalue weighted by Gasteiger charge is 2.09. The fourth-order valence-corrected chi connectivity index (χ4v) is 1.73. The highest BCUT2D eigenvalue weighted by atomic mass is 32.2. The summed E-state index contributed by atoms with van der Waals surface area (Å²) in [5, 5.41) is 0. The Balaban J connectivity index is 0.00000137. The number of sulfonamides is 1. The molecule has 5 nitrogen and oxygen atoms in total. The van der Waals surface area contributed by atoms with Gasteiger partial charge in [0.05, 0.1) is 6.26 Å². The van der Waals surface area contributed by atoms with Gasteiger partial charge in [-0.05, 0) is 19.1 Å². The predicted octanol–water partition coefficient (Wildman–Crippen LogP) is 1.68. The number of aromatic nitrogens is 1. The summed E-state index contributed by atoms with van der Waals surface area (Å²) in [6.07, 6.45) is 2.68. The van der Waals surface area contributed by atoms with Crippen LogP contribution in [0.15, 0.2) is 22.7 Å². The number of aryl methyl sites for hydroxylation is 1. The van der Waals surface area contributed by atoms with Gasteiger partial charge < -0.3 is 4.90 Å². The Kier molecular flexibility index (Phi) is 6.54. The van der Waals surface area contributed by atoms with E-state index in [0.29, 0.717) is 11.4 Å². The highest BCUT2D eigenvalue weighted by molar-refractivity contribution is 7.89. The molecule has 0 spiro atoms. The first-order chi connectivity index (χ1) is 8.29.